The molecule has 0 radical (unpaired) electrons. The minimum atomic E-state index is 0.360. The monoisotopic (exact) mass is 153 g/mol. The molecule has 1 saturated carbocycles. The lowest BCUT2D eigenvalue weighted by Gasteiger charge is -2.22. The summed E-state index contributed by atoms with van der Waals surface area (Å²) in [6.45, 7) is 6.19. The Morgan fingerprint density at radius 2 is 1.73 bits per heavy atom. The van der Waals surface area contributed by atoms with Crippen LogP contribution in [-0.4, -0.2) is 0 Å². The smallest absolute Gasteiger partial charge is 0.0658 e. The molecule has 0 heterocycles. The Kier molecular flexibility index (Phi) is 5.93. The number of hydrogen-bond acceptors (Lipinski definition) is 1. The van der Waals surface area contributed by atoms with Crippen LogP contribution in [0.25, 0.3) is 0 Å². The number of nitriles is 1. The van der Waals surface area contributed by atoms with Crippen LogP contribution in [0.5, 0.6) is 0 Å². The van der Waals surface area contributed by atoms with Gasteiger partial charge in [0.25, 0.3) is 0 Å². The quantitative estimate of drug-likeness (QED) is 0.523. The fraction of sp³-hybridized carbons (Fsp3) is 0.900. The number of nitrogens with zero attached hydrogens (tertiary/aromatic N) is 1. The molecule has 0 spiro atoms. The van der Waals surface area contributed by atoms with Crippen molar-refractivity contribution in [3.05, 3.63) is 0 Å². The van der Waals surface area contributed by atoms with Crippen molar-refractivity contribution >= 4 is 0 Å². The molecule has 1 heteroatoms. The zero-order chi connectivity index (χ0) is 8.69. The van der Waals surface area contributed by atoms with E-state index >= 15 is 0 Å². The van der Waals surface area contributed by atoms with Crippen molar-refractivity contribution in [3.8, 4) is 6.07 Å². The normalized spacial score (nSPS) is 29.6. The van der Waals surface area contributed by atoms with E-state index in [2.05, 4.69) is 13.0 Å². The Morgan fingerprint density at radius 1 is 1.18 bits per heavy atom. The maximum atomic E-state index is 8.61. The summed E-state index contributed by atoms with van der Waals surface area (Å²) in [5.74, 6) is 1.02. The zero-order valence-electron chi connectivity index (χ0n) is 7.93. The second-order valence-corrected chi connectivity index (χ2v) is 3.00. The van der Waals surface area contributed by atoms with Crippen LogP contribution in [0, 0.1) is 23.2 Å². The van der Waals surface area contributed by atoms with E-state index < -0.39 is 0 Å². The molecule has 1 rings (SSSR count). The van der Waals surface area contributed by atoms with Crippen molar-refractivity contribution in [2.45, 2.75) is 46.5 Å². The van der Waals surface area contributed by atoms with E-state index in [1.165, 1.54) is 19.3 Å². The largest absolute Gasteiger partial charge is 0.198 e. The molecular weight excluding hydrogens is 134 g/mol. The average Bonchev–Trinajstić information content (AvgIpc) is 2.09. The number of hydrogen-bond donors (Lipinski definition) is 0. The van der Waals surface area contributed by atoms with Crippen LogP contribution < -0.4 is 0 Å². The van der Waals surface area contributed by atoms with Gasteiger partial charge in [0, 0.05) is 5.92 Å². The second-order valence-electron chi connectivity index (χ2n) is 3.00. The van der Waals surface area contributed by atoms with Crippen molar-refractivity contribution in [1.82, 2.24) is 0 Å². The highest BCUT2D eigenvalue weighted by Gasteiger charge is 2.19. The Morgan fingerprint density at radius 3 is 2.09 bits per heavy atom. The van der Waals surface area contributed by atoms with Gasteiger partial charge in [-0.3, -0.25) is 0 Å². The Hall–Kier alpha value is -0.510. The van der Waals surface area contributed by atoms with Crippen LogP contribution in [0.1, 0.15) is 46.5 Å². The molecule has 0 N–H and O–H groups in total. The van der Waals surface area contributed by atoms with E-state index in [1.54, 1.807) is 0 Å². The van der Waals surface area contributed by atoms with E-state index in [-0.39, 0.29) is 0 Å². The first-order valence-electron chi connectivity index (χ1n) is 4.74. The molecule has 1 aliphatic rings. The van der Waals surface area contributed by atoms with Crippen LogP contribution in [0.2, 0.25) is 0 Å². The molecule has 0 bridgehead atoms. The first-order chi connectivity index (χ1) is 5.34. The summed E-state index contributed by atoms with van der Waals surface area (Å²) in [5.41, 5.74) is 0. The van der Waals surface area contributed by atoms with Gasteiger partial charge in [-0.2, -0.15) is 5.26 Å². The van der Waals surface area contributed by atoms with Gasteiger partial charge in [-0.15, -0.1) is 0 Å². The van der Waals surface area contributed by atoms with Crippen LogP contribution >= 0.6 is 0 Å². The summed E-state index contributed by atoms with van der Waals surface area (Å²) in [6, 6.07) is 2.35. The third-order valence-corrected chi connectivity index (χ3v) is 2.28. The van der Waals surface area contributed by atoms with E-state index in [0.29, 0.717) is 11.8 Å². The Labute approximate surface area is 70.4 Å². The fourth-order valence-electron chi connectivity index (χ4n) is 1.51. The molecule has 0 aliphatic heterocycles. The first kappa shape index (κ1) is 10.5. The summed E-state index contributed by atoms with van der Waals surface area (Å²) >= 11 is 0. The molecule has 0 amide bonds. The molecule has 64 valence electrons. The molecule has 11 heavy (non-hydrogen) atoms. The molecule has 0 saturated heterocycles. The van der Waals surface area contributed by atoms with Gasteiger partial charge in [-0.05, 0) is 18.8 Å². The molecule has 2 atom stereocenters. The molecule has 0 aromatic heterocycles. The third kappa shape index (κ3) is 3.41. The maximum Gasteiger partial charge on any atom is 0.0658 e. The summed E-state index contributed by atoms with van der Waals surface area (Å²) in [6.07, 6.45) is 5.00. The summed E-state index contributed by atoms with van der Waals surface area (Å²) in [7, 11) is 0. The standard InChI is InChI=1S/C8H13N.C2H6/c1-7-4-2-3-5-8(7)6-9;1-2/h7-8H,2-5H2,1H3;1-2H3. The Bertz CT molecular complexity index is 123. The van der Waals surface area contributed by atoms with E-state index in [4.69, 9.17) is 5.26 Å². The van der Waals surface area contributed by atoms with Gasteiger partial charge in [-0.25, -0.2) is 0 Å². The minimum Gasteiger partial charge on any atom is -0.198 e. The van der Waals surface area contributed by atoms with Crippen molar-refractivity contribution in [1.29, 1.82) is 5.26 Å². The molecule has 2 unspecified atom stereocenters. The first-order valence-corrected chi connectivity index (χ1v) is 4.74. The van der Waals surface area contributed by atoms with Gasteiger partial charge in [-0.1, -0.05) is 33.6 Å². The highest BCUT2D eigenvalue weighted by molar-refractivity contribution is 4.88. The molecule has 1 fully saturated rings. The van der Waals surface area contributed by atoms with Crippen LogP contribution in [0.15, 0.2) is 0 Å². The zero-order valence-corrected chi connectivity index (χ0v) is 7.93. The second kappa shape index (κ2) is 6.22. The summed E-state index contributed by atoms with van der Waals surface area (Å²) in [4.78, 5) is 0. The van der Waals surface area contributed by atoms with Gasteiger partial charge in [0.1, 0.15) is 0 Å². The SMILES string of the molecule is CC.CC1CCCCC1C#N. The molecule has 0 aromatic carbocycles. The Balaban J connectivity index is 0.000000461. The highest BCUT2D eigenvalue weighted by Crippen LogP contribution is 2.28. The van der Waals surface area contributed by atoms with Crippen LogP contribution in [0.3, 0.4) is 0 Å². The van der Waals surface area contributed by atoms with Gasteiger partial charge in [0.05, 0.1) is 6.07 Å². The van der Waals surface area contributed by atoms with Crippen molar-refractivity contribution in [2.24, 2.45) is 11.8 Å². The molecule has 0 aromatic rings. The summed E-state index contributed by atoms with van der Waals surface area (Å²) in [5, 5.41) is 8.61. The predicted molar refractivity (Wildman–Crippen MR) is 48.1 cm³/mol. The lowest BCUT2D eigenvalue weighted by molar-refractivity contribution is 0.313. The topological polar surface area (TPSA) is 23.8 Å². The lowest BCUT2D eigenvalue weighted by atomic mass is 9.81. The van der Waals surface area contributed by atoms with Crippen LogP contribution in [0.4, 0.5) is 0 Å². The maximum absolute atomic E-state index is 8.61. The van der Waals surface area contributed by atoms with Gasteiger partial charge < -0.3 is 0 Å². The predicted octanol–water partition coefficient (Wildman–Crippen LogP) is 3.36. The molecule has 1 nitrogen and oxygen atoms in total. The minimum absolute atomic E-state index is 0.360. The average molecular weight is 153 g/mol. The lowest BCUT2D eigenvalue weighted by Crippen LogP contribution is -2.14. The van der Waals surface area contributed by atoms with Gasteiger partial charge in [0.15, 0.2) is 0 Å². The third-order valence-electron chi connectivity index (χ3n) is 2.28. The van der Waals surface area contributed by atoms with E-state index in [1.807, 2.05) is 13.8 Å². The van der Waals surface area contributed by atoms with E-state index in [0.717, 1.165) is 6.42 Å². The van der Waals surface area contributed by atoms with Gasteiger partial charge in [0.2, 0.25) is 0 Å². The fourth-order valence-corrected chi connectivity index (χ4v) is 1.51. The van der Waals surface area contributed by atoms with Gasteiger partial charge >= 0.3 is 0 Å². The van der Waals surface area contributed by atoms with Crippen LogP contribution in [-0.2, 0) is 0 Å². The number of rotatable bonds is 0. The van der Waals surface area contributed by atoms with E-state index in [9.17, 15) is 0 Å². The van der Waals surface area contributed by atoms with Crippen molar-refractivity contribution < 1.29 is 0 Å². The molecule has 1 aliphatic carbocycles. The van der Waals surface area contributed by atoms with Crippen molar-refractivity contribution in [3.63, 3.8) is 0 Å². The molecular formula is C10H19N. The summed E-state index contributed by atoms with van der Waals surface area (Å²) < 4.78 is 0. The van der Waals surface area contributed by atoms with Crippen molar-refractivity contribution in [2.75, 3.05) is 0 Å². The highest BCUT2D eigenvalue weighted by atomic mass is 14.3.